The summed E-state index contributed by atoms with van der Waals surface area (Å²) in [4.78, 5) is 38.5. The predicted molar refractivity (Wildman–Crippen MR) is 336 cm³/mol. The molecule has 0 aromatic heterocycles. The fourth-order valence-electron chi connectivity index (χ4n) is 13.2. The van der Waals surface area contributed by atoms with Crippen molar-refractivity contribution >= 4 is 90.4 Å². The van der Waals surface area contributed by atoms with Crippen molar-refractivity contribution in [1.82, 2.24) is 14.8 Å². The summed E-state index contributed by atoms with van der Waals surface area (Å²) in [7, 11) is -36.5. The predicted octanol–water partition coefficient (Wildman–Crippen LogP) is -8.95. The van der Waals surface area contributed by atoms with Crippen LogP contribution >= 0.6 is 0 Å². The van der Waals surface area contributed by atoms with Gasteiger partial charge in [-0.2, -0.15) is 68.4 Å². The maximum atomic E-state index is 13.1. The Labute approximate surface area is 606 Å². The van der Waals surface area contributed by atoms with Crippen LogP contribution in [-0.2, 0) is 160 Å². The second kappa shape index (κ2) is 35.9. The number of carbonyl (C=O) groups excluding carboxylic acids is 1. The Morgan fingerprint density at radius 1 is 0.396 bits per heavy atom. The zero-order valence-corrected chi connectivity index (χ0v) is 62.5. The Hall–Kier alpha value is -3.14. The molecule has 0 bridgehead atoms. The number of carboxylic acid groups (broad SMARTS) is 2. The molecule has 17 N–H and O–H groups in total. The van der Waals surface area contributed by atoms with E-state index in [-0.39, 0.29) is 6.61 Å². The summed E-state index contributed by atoms with van der Waals surface area (Å²) in [6.07, 6.45) is -30.5. The van der Waals surface area contributed by atoms with Gasteiger partial charge in [-0.1, -0.05) is 13.8 Å². The minimum Gasteiger partial charge on any atom is -0.479 e. The molecule has 1 amide bonds. The van der Waals surface area contributed by atoms with E-state index in [2.05, 4.69) is 17.9 Å². The third-order valence-electron chi connectivity index (χ3n) is 18.1. The number of aliphatic carboxylic acids is 2. The van der Waals surface area contributed by atoms with Gasteiger partial charge in [-0.3, -0.25) is 36.7 Å². The Bertz CT molecular complexity index is 3850. The van der Waals surface area contributed by atoms with Crippen molar-refractivity contribution in [3.63, 3.8) is 0 Å². The number of rotatable bonds is 40. The van der Waals surface area contributed by atoms with Gasteiger partial charge >= 0.3 is 84.5 Å². The smallest absolute Gasteiger partial charge is 0.397 e. The van der Waals surface area contributed by atoms with Gasteiger partial charge in [-0.25, -0.2) is 30.5 Å². The van der Waals surface area contributed by atoms with Crippen molar-refractivity contribution in [3.05, 3.63) is 0 Å². The number of amides is 1. The van der Waals surface area contributed by atoms with E-state index in [1.807, 2.05) is 0 Å². The normalized spacial score (nSPS) is 38.2. The molecular formula is C49H87N3O47S7. The van der Waals surface area contributed by atoms with Crippen LogP contribution in [0.2, 0.25) is 0 Å². The molecule has 0 aliphatic carbocycles. The van der Waals surface area contributed by atoms with E-state index < -0.39 is 319 Å². The molecule has 0 aromatic carbocycles. The highest BCUT2D eigenvalue weighted by Crippen LogP contribution is 2.45. The second-order valence-corrected chi connectivity index (χ2v) is 34.2. The van der Waals surface area contributed by atoms with E-state index in [9.17, 15) is 141 Å². The summed E-state index contributed by atoms with van der Waals surface area (Å²) >= 11 is 0. The van der Waals surface area contributed by atoms with Crippen molar-refractivity contribution in [2.45, 2.75) is 162 Å². The molecule has 5 aliphatic rings. The fourth-order valence-corrected chi connectivity index (χ4v) is 16.6. The number of methoxy groups -OCH3 is 2. The molecule has 50 nitrogen and oxygen atoms in total. The van der Waals surface area contributed by atoms with Crippen molar-refractivity contribution in [2.75, 3.05) is 100 Å². The molecule has 0 radical (unpaired) electrons. The number of ether oxygens (including phenoxy) is 11. The Morgan fingerprint density at radius 2 is 0.764 bits per heavy atom. The first-order chi connectivity index (χ1) is 48.2. The zero-order valence-electron chi connectivity index (χ0n) is 56.8. The van der Waals surface area contributed by atoms with Crippen LogP contribution in [0.3, 0.4) is 0 Å². The molecule has 5 saturated heterocycles. The molecule has 622 valence electrons. The Kier molecular flexibility index (Phi) is 31.7. The molecule has 25 unspecified atom stereocenters. The van der Waals surface area contributed by atoms with E-state index in [1.165, 1.54) is 14.0 Å². The van der Waals surface area contributed by atoms with Gasteiger partial charge in [0.2, 0.25) is 5.91 Å². The Morgan fingerprint density at radius 3 is 1.17 bits per heavy atom. The summed E-state index contributed by atoms with van der Waals surface area (Å²) in [6, 6.07) is -5.90. The van der Waals surface area contributed by atoms with Crippen molar-refractivity contribution in [1.29, 1.82) is 0 Å². The number of nitrogens with one attached hydrogen (secondary N) is 3. The average molecular weight is 1690 g/mol. The molecule has 0 aromatic rings. The van der Waals surface area contributed by atoms with Crippen LogP contribution in [-0.4, -0.2) is 365 Å². The highest BCUT2D eigenvalue weighted by molar-refractivity contribution is 7.84. The van der Waals surface area contributed by atoms with Crippen LogP contribution in [0.4, 0.5) is 0 Å². The number of carbonyl (C=O) groups is 3. The first-order valence-corrected chi connectivity index (χ1v) is 40.3. The van der Waals surface area contributed by atoms with Crippen LogP contribution in [0.5, 0.6) is 0 Å². The summed E-state index contributed by atoms with van der Waals surface area (Å²) in [5.41, 5.74) is -11.6. The van der Waals surface area contributed by atoms with E-state index in [0.29, 0.717) is 0 Å². The van der Waals surface area contributed by atoms with E-state index >= 15 is 0 Å². The molecule has 25 atom stereocenters. The maximum absolute atomic E-state index is 13.1. The average Bonchev–Trinajstić information content (AvgIpc) is 0.735. The van der Waals surface area contributed by atoms with Gasteiger partial charge in [0.15, 0.2) is 12.2 Å². The van der Waals surface area contributed by atoms with Gasteiger partial charge in [0, 0.05) is 38.9 Å². The Balaban J connectivity index is 1.43. The standard InChI is InChI=1S/C49H87N3O47S7/c1-22(53)50-36-31(54)23(9-84-7)26(14-90-102(69,70)71)96-48(36,5)20-88-17-45(2)39(57)33(56)29(93-41(45)43(59)60)12-87-11-25-28(16-92-104(75,76)77)97-49(6,38(52-101(66,67)68)34(25)98-105(78,79)80)21-89-18-46(3)40(58)35(99-106(81,82)83)30(94-42(46)44(61)62)13-86-10-24-27(15-91-103(72,73)74)95-47(4,19-85-8)37(32(24)55)51-100(63,64)65/h23-42,51-52,54-58H,9-21H2,1-8H3,(H,50,53)(H,59,60)(H,61,62)(H,63,64,65)(H,66,67,68)(H,69,70,71)(H,72,73,74)(H,75,76,77)(H,78,79,80)(H,81,82,83). The van der Waals surface area contributed by atoms with Crippen molar-refractivity contribution in [2.24, 2.45) is 28.6 Å². The van der Waals surface area contributed by atoms with Gasteiger partial charge in [0.05, 0.1) is 158 Å². The first kappa shape index (κ1) is 93.5. The summed E-state index contributed by atoms with van der Waals surface area (Å²) in [6.45, 7) is -7.47. The van der Waals surface area contributed by atoms with E-state index in [1.54, 1.807) is 9.44 Å². The molecule has 0 spiro atoms. The third kappa shape index (κ3) is 25.4. The van der Waals surface area contributed by atoms with E-state index in [4.69, 9.17) is 60.5 Å². The molecule has 5 aliphatic heterocycles. The lowest BCUT2D eigenvalue weighted by Gasteiger charge is -2.52. The van der Waals surface area contributed by atoms with Gasteiger partial charge in [0.25, 0.3) is 0 Å². The second-order valence-electron chi connectivity index (χ2n) is 26.4. The zero-order chi connectivity index (χ0) is 80.9. The summed E-state index contributed by atoms with van der Waals surface area (Å²) < 4.78 is 328. The minimum absolute atomic E-state index is 0.339. The number of carboxylic acids is 2. The summed E-state index contributed by atoms with van der Waals surface area (Å²) in [5, 5.41) is 81.8. The van der Waals surface area contributed by atoms with Gasteiger partial charge < -0.3 is 93.2 Å². The lowest BCUT2D eigenvalue weighted by Crippen LogP contribution is -2.70. The highest BCUT2D eigenvalue weighted by Gasteiger charge is 2.62. The molecule has 5 heterocycles. The maximum Gasteiger partial charge on any atom is 0.397 e. The molecular weight excluding hydrogens is 1610 g/mol. The number of hydrogen-bond acceptors (Lipinski definition) is 38. The van der Waals surface area contributed by atoms with Crippen LogP contribution in [0, 0.1) is 28.6 Å². The fraction of sp³-hybridized carbons (Fsp3) is 0.939. The van der Waals surface area contributed by atoms with Crippen molar-refractivity contribution < 1.29 is 214 Å². The third-order valence-corrected chi connectivity index (χ3v) is 21.4. The number of aliphatic hydroxyl groups is 5. The lowest BCUT2D eigenvalue weighted by atomic mass is 9.73. The van der Waals surface area contributed by atoms with E-state index in [0.717, 1.165) is 41.7 Å². The lowest BCUT2D eigenvalue weighted by molar-refractivity contribution is -0.271. The minimum atomic E-state index is -5.97. The van der Waals surface area contributed by atoms with Crippen LogP contribution in [0.25, 0.3) is 0 Å². The van der Waals surface area contributed by atoms with Crippen molar-refractivity contribution in [3.8, 4) is 0 Å². The summed E-state index contributed by atoms with van der Waals surface area (Å²) in [5.74, 6) is -9.71. The van der Waals surface area contributed by atoms with Crippen LogP contribution in [0.15, 0.2) is 0 Å². The SMILES string of the molecule is COCC1C(COS(=O)(=O)O)OC(C)(COCC2(C)C(C(=O)O)OC(COCC3C(COS(=O)(=O)O)OC(C)(COCC4(C)C(C(=O)O)OC(COCC5C(COS(=O)(=O)O)OC(C)(COC)C(NS(=O)(=O)O)C5O)C(OS(=O)(=O)O)C4O)C(NS(=O)(=O)O)C3OS(=O)(=O)O)C(O)C2O)C(NC(C)=O)C1O. The quantitative estimate of drug-likeness (QED) is 0.0253. The first-order valence-electron chi connectivity index (χ1n) is 30.6. The molecule has 5 fully saturated rings. The topological polar surface area (TPSA) is 757 Å². The largest absolute Gasteiger partial charge is 0.479 e. The van der Waals surface area contributed by atoms with Gasteiger partial charge in [-0.15, -0.1) is 0 Å². The monoisotopic (exact) mass is 1690 g/mol. The van der Waals surface area contributed by atoms with Crippen LogP contribution in [0.1, 0.15) is 41.5 Å². The molecule has 106 heavy (non-hydrogen) atoms. The molecule has 57 heteroatoms. The van der Waals surface area contributed by atoms with Gasteiger partial charge in [-0.05, 0) is 20.8 Å². The number of hydrogen-bond donors (Lipinski definition) is 17. The van der Waals surface area contributed by atoms with Crippen LogP contribution < -0.4 is 14.8 Å². The number of aliphatic hydroxyl groups excluding tert-OH is 5. The highest BCUT2D eigenvalue weighted by atomic mass is 32.3. The molecule has 5 rings (SSSR count). The van der Waals surface area contributed by atoms with Gasteiger partial charge in [0.1, 0.15) is 47.3 Å². The molecule has 0 saturated carbocycles.